The average Bonchev–Trinajstić information content (AvgIpc) is 2.83. The second kappa shape index (κ2) is 5.46. The lowest BCUT2D eigenvalue weighted by Gasteiger charge is -2.34. The minimum Gasteiger partial charge on any atom is -0.361 e. The van der Waals surface area contributed by atoms with Crippen molar-refractivity contribution in [2.45, 2.75) is 32.7 Å². The molecule has 1 aromatic heterocycles. The molecule has 0 saturated heterocycles. The van der Waals surface area contributed by atoms with Crippen molar-refractivity contribution >= 4 is 10.9 Å². The van der Waals surface area contributed by atoms with Crippen LogP contribution in [0.25, 0.3) is 10.9 Å². The van der Waals surface area contributed by atoms with Gasteiger partial charge in [-0.3, -0.25) is 4.90 Å². The van der Waals surface area contributed by atoms with E-state index in [9.17, 15) is 5.26 Å². The van der Waals surface area contributed by atoms with Crippen LogP contribution >= 0.6 is 0 Å². The predicted octanol–water partition coefficient (Wildman–Crippen LogP) is 3.33. The van der Waals surface area contributed by atoms with E-state index in [2.05, 4.69) is 41.9 Å². The number of nitriles is 1. The molecule has 0 aliphatic carbocycles. The third-order valence-electron chi connectivity index (χ3n) is 3.91. The zero-order chi connectivity index (χ0) is 13.9. The Kier molecular flexibility index (Phi) is 3.92. The second-order valence-electron chi connectivity index (χ2n) is 5.09. The van der Waals surface area contributed by atoms with Crippen molar-refractivity contribution in [3.8, 4) is 6.07 Å². The molecule has 0 aliphatic heterocycles. The highest BCUT2D eigenvalue weighted by Crippen LogP contribution is 2.25. The number of hydrogen-bond acceptors (Lipinski definition) is 2. The van der Waals surface area contributed by atoms with E-state index in [0.717, 1.165) is 25.0 Å². The van der Waals surface area contributed by atoms with Crippen LogP contribution in [0.5, 0.6) is 0 Å². The van der Waals surface area contributed by atoms with Gasteiger partial charge in [0, 0.05) is 23.5 Å². The third-order valence-corrected chi connectivity index (χ3v) is 3.91. The van der Waals surface area contributed by atoms with Gasteiger partial charge in [0.1, 0.15) is 5.54 Å². The second-order valence-corrected chi connectivity index (χ2v) is 5.09. The molecule has 1 unspecified atom stereocenters. The van der Waals surface area contributed by atoms with Crippen molar-refractivity contribution in [3.05, 3.63) is 36.0 Å². The molecule has 0 bridgehead atoms. The van der Waals surface area contributed by atoms with E-state index in [1.54, 1.807) is 0 Å². The summed E-state index contributed by atoms with van der Waals surface area (Å²) in [4.78, 5) is 5.50. The van der Waals surface area contributed by atoms with Gasteiger partial charge in [0.2, 0.25) is 0 Å². The summed E-state index contributed by atoms with van der Waals surface area (Å²) in [5.41, 5.74) is 1.90. The molecule has 0 radical (unpaired) electrons. The van der Waals surface area contributed by atoms with Crippen LogP contribution in [0.1, 0.15) is 26.3 Å². The SMILES string of the molecule is CCN(CC)C(C)(C#N)Cc1c[nH]c2ccccc12. The Morgan fingerprint density at radius 2 is 1.95 bits per heavy atom. The topological polar surface area (TPSA) is 42.8 Å². The van der Waals surface area contributed by atoms with Crippen LogP contribution in [0.4, 0.5) is 0 Å². The summed E-state index contributed by atoms with van der Waals surface area (Å²) in [6.07, 6.45) is 2.78. The number of likely N-dealkylation sites (N-methyl/N-ethyl adjacent to an activating group) is 1. The minimum absolute atomic E-state index is 0.450. The maximum absolute atomic E-state index is 9.59. The quantitative estimate of drug-likeness (QED) is 0.890. The van der Waals surface area contributed by atoms with Crippen molar-refractivity contribution in [3.63, 3.8) is 0 Å². The minimum atomic E-state index is -0.450. The van der Waals surface area contributed by atoms with Crippen molar-refractivity contribution in [2.75, 3.05) is 13.1 Å². The van der Waals surface area contributed by atoms with Gasteiger partial charge in [-0.05, 0) is 31.6 Å². The van der Waals surface area contributed by atoms with E-state index in [-0.39, 0.29) is 0 Å². The van der Waals surface area contributed by atoms with Crippen LogP contribution in [0, 0.1) is 11.3 Å². The van der Waals surface area contributed by atoms with E-state index < -0.39 is 5.54 Å². The van der Waals surface area contributed by atoms with E-state index in [1.807, 2.05) is 25.3 Å². The summed E-state index contributed by atoms with van der Waals surface area (Å²) >= 11 is 0. The lowest BCUT2D eigenvalue weighted by atomic mass is 9.92. The molecule has 0 spiro atoms. The highest BCUT2D eigenvalue weighted by atomic mass is 15.2. The van der Waals surface area contributed by atoms with E-state index in [1.165, 1.54) is 10.9 Å². The number of fused-ring (bicyclic) bond motifs is 1. The molecule has 0 aliphatic rings. The molecule has 1 aromatic carbocycles. The summed E-state index contributed by atoms with van der Waals surface area (Å²) in [5.74, 6) is 0. The highest BCUT2D eigenvalue weighted by Gasteiger charge is 2.30. The zero-order valence-electron chi connectivity index (χ0n) is 11.9. The number of H-pyrrole nitrogens is 1. The zero-order valence-corrected chi connectivity index (χ0v) is 11.9. The summed E-state index contributed by atoms with van der Waals surface area (Å²) in [6.45, 7) is 8.02. The van der Waals surface area contributed by atoms with Crippen molar-refractivity contribution in [1.82, 2.24) is 9.88 Å². The van der Waals surface area contributed by atoms with E-state index in [0.29, 0.717) is 0 Å². The van der Waals surface area contributed by atoms with Gasteiger partial charge >= 0.3 is 0 Å². The molecule has 0 saturated carbocycles. The molecule has 3 heteroatoms. The monoisotopic (exact) mass is 255 g/mol. The van der Waals surface area contributed by atoms with Gasteiger partial charge in [0.15, 0.2) is 0 Å². The van der Waals surface area contributed by atoms with E-state index >= 15 is 0 Å². The van der Waals surface area contributed by atoms with Crippen molar-refractivity contribution in [2.24, 2.45) is 0 Å². The van der Waals surface area contributed by atoms with E-state index in [4.69, 9.17) is 0 Å². The Morgan fingerprint density at radius 1 is 1.26 bits per heavy atom. The summed E-state index contributed by atoms with van der Waals surface area (Å²) in [6, 6.07) is 10.7. The van der Waals surface area contributed by atoms with Gasteiger partial charge < -0.3 is 4.98 Å². The normalized spacial score (nSPS) is 14.5. The fourth-order valence-corrected chi connectivity index (χ4v) is 2.79. The molecule has 3 nitrogen and oxygen atoms in total. The largest absolute Gasteiger partial charge is 0.361 e. The van der Waals surface area contributed by atoms with Crippen LogP contribution in [0.3, 0.4) is 0 Å². The number of nitrogens with one attached hydrogen (secondary N) is 1. The first-order valence-corrected chi connectivity index (χ1v) is 6.86. The van der Waals surface area contributed by atoms with Crippen LogP contribution < -0.4 is 0 Å². The molecule has 0 fully saturated rings. The first kappa shape index (κ1) is 13.6. The standard InChI is InChI=1S/C16H21N3/c1-4-19(5-2)16(3,12-17)10-13-11-18-15-9-7-6-8-14(13)15/h6-9,11,18H,4-5,10H2,1-3H3. The Morgan fingerprint density at radius 3 is 2.58 bits per heavy atom. The number of aromatic amines is 1. The number of para-hydroxylation sites is 1. The number of hydrogen-bond donors (Lipinski definition) is 1. The van der Waals surface area contributed by atoms with Crippen LogP contribution in [0.15, 0.2) is 30.5 Å². The Hall–Kier alpha value is -1.79. The molecule has 19 heavy (non-hydrogen) atoms. The number of rotatable bonds is 5. The molecular weight excluding hydrogens is 234 g/mol. The Labute approximate surface area is 114 Å². The maximum Gasteiger partial charge on any atom is 0.110 e. The Bertz CT molecular complexity index is 589. The van der Waals surface area contributed by atoms with Gasteiger partial charge in [-0.2, -0.15) is 5.26 Å². The Balaban J connectivity index is 2.35. The van der Waals surface area contributed by atoms with Crippen molar-refractivity contribution in [1.29, 1.82) is 5.26 Å². The lowest BCUT2D eigenvalue weighted by Crippen LogP contribution is -2.46. The molecule has 1 atom stereocenters. The first-order chi connectivity index (χ1) is 9.14. The van der Waals surface area contributed by atoms with Gasteiger partial charge in [-0.25, -0.2) is 0 Å². The molecular formula is C16H21N3. The van der Waals surface area contributed by atoms with Crippen LogP contribution in [-0.4, -0.2) is 28.5 Å². The first-order valence-electron chi connectivity index (χ1n) is 6.86. The number of benzene rings is 1. The molecule has 2 rings (SSSR count). The number of nitrogens with zero attached hydrogens (tertiary/aromatic N) is 2. The van der Waals surface area contributed by atoms with Gasteiger partial charge in [0.25, 0.3) is 0 Å². The summed E-state index contributed by atoms with van der Waals surface area (Å²) < 4.78 is 0. The molecule has 2 aromatic rings. The molecule has 0 amide bonds. The maximum atomic E-state index is 9.59. The highest BCUT2D eigenvalue weighted by molar-refractivity contribution is 5.83. The molecule has 100 valence electrons. The summed E-state index contributed by atoms with van der Waals surface area (Å²) in [7, 11) is 0. The predicted molar refractivity (Wildman–Crippen MR) is 78.9 cm³/mol. The van der Waals surface area contributed by atoms with Crippen LogP contribution in [0.2, 0.25) is 0 Å². The smallest absolute Gasteiger partial charge is 0.110 e. The average molecular weight is 255 g/mol. The van der Waals surface area contributed by atoms with Gasteiger partial charge in [-0.15, -0.1) is 0 Å². The van der Waals surface area contributed by atoms with Crippen molar-refractivity contribution < 1.29 is 0 Å². The molecule has 1 heterocycles. The van der Waals surface area contributed by atoms with Crippen LogP contribution in [-0.2, 0) is 6.42 Å². The molecule has 1 N–H and O–H groups in total. The fourth-order valence-electron chi connectivity index (χ4n) is 2.79. The third kappa shape index (κ3) is 2.50. The van der Waals surface area contributed by atoms with Gasteiger partial charge in [0.05, 0.1) is 6.07 Å². The lowest BCUT2D eigenvalue weighted by molar-refractivity contribution is 0.169. The number of aromatic nitrogens is 1. The summed E-state index contributed by atoms with van der Waals surface area (Å²) in [5, 5.41) is 10.8. The van der Waals surface area contributed by atoms with Gasteiger partial charge in [-0.1, -0.05) is 32.0 Å². The fraction of sp³-hybridized carbons (Fsp3) is 0.438.